The highest BCUT2D eigenvalue weighted by Crippen LogP contribution is 2.31. The summed E-state index contributed by atoms with van der Waals surface area (Å²) in [4.78, 5) is 40.7. The second-order valence-corrected chi connectivity index (χ2v) is 8.82. The van der Waals surface area contributed by atoms with E-state index in [1.165, 1.54) is 24.8 Å². The molecule has 0 spiro atoms. The Kier molecular flexibility index (Phi) is 4.87. The second kappa shape index (κ2) is 7.54. The number of carbonyl (C=O) groups is 3. The number of piperidine rings is 3. The highest BCUT2D eigenvalue weighted by molar-refractivity contribution is 6.05. The molecular formula is C22H28N4O3. The Bertz CT molecular complexity index is 852. The van der Waals surface area contributed by atoms with Crippen LogP contribution in [0.15, 0.2) is 18.2 Å². The molecule has 29 heavy (non-hydrogen) atoms. The van der Waals surface area contributed by atoms with Crippen LogP contribution >= 0.6 is 0 Å². The monoisotopic (exact) mass is 396 g/mol. The summed E-state index contributed by atoms with van der Waals surface area (Å²) in [5.41, 5.74) is 2.92. The van der Waals surface area contributed by atoms with Crippen LogP contribution in [0.25, 0.3) is 0 Å². The lowest BCUT2D eigenvalue weighted by Gasteiger charge is -2.44. The van der Waals surface area contributed by atoms with Crippen molar-refractivity contribution in [3.63, 3.8) is 0 Å². The third-order valence-electron chi connectivity index (χ3n) is 7.03. The fourth-order valence-electron chi connectivity index (χ4n) is 5.56. The number of hydrogen-bond acceptors (Lipinski definition) is 5. The minimum absolute atomic E-state index is 0.0996. The molecule has 3 amide bonds. The van der Waals surface area contributed by atoms with Crippen molar-refractivity contribution in [3.05, 3.63) is 34.9 Å². The predicted octanol–water partition coefficient (Wildman–Crippen LogP) is 1.02. The average Bonchev–Trinajstić information content (AvgIpc) is 3.04. The van der Waals surface area contributed by atoms with Crippen LogP contribution in [0.4, 0.5) is 0 Å². The zero-order valence-corrected chi connectivity index (χ0v) is 16.7. The number of nitrogens with zero attached hydrogens (tertiary/aromatic N) is 2. The molecule has 0 aromatic heterocycles. The van der Waals surface area contributed by atoms with Gasteiger partial charge < -0.3 is 10.2 Å². The third-order valence-corrected chi connectivity index (χ3v) is 7.03. The highest BCUT2D eigenvalue weighted by atomic mass is 16.2. The van der Waals surface area contributed by atoms with Crippen LogP contribution in [0.3, 0.4) is 0 Å². The van der Waals surface area contributed by atoms with Crippen molar-refractivity contribution < 1.29 is 14.4 Å². The smallest absolute Gasteiger partial charge is 0.255 e. The van der Waals surface area contributed by atoms with Gasteiger partial charge in [0.25, 0.3) is 5.91 Å². The Labute approximate surface area is 170 Å². The summed E-state index contributed by atoms with van der Waals surface area (Å²) in [6.07, 6.45) is 4.46. The van der Waals surface area contributed by atoms with Crippen LogP contribution in [-0.4, -0.2) is 59.2 Å². The Morgan fingerprint density at radius 2 is 2.00 bits per heavy atom. The molecule has 0 aliphatic carbocycles. The number of carbonyl (C=O) groups excluding carboxylic acids is 3. The number of nitrogens with one attached hydrogen (secondary N) is 2. The SMILES string of the molecule is O=C1CCC(N2Cc3cc(CN4CCCC5CNCCC54)ccc3C2=O)C(=O)N1. The van der Waals surface area contributed by atoms with Crippen LogP contribution in [0.2, 0.25) is 0 Å². The minimum atomic E-state index is -0.548. The molecule has 0 bridgehead atoms. The Balaban J connectivity index is 1.31. The number of benzene rings is 1. The number of hydrogen-bond donors (Lipinski definition) is 2. The van der Waals surface area contributed by atoms with E-state index in [1.807, 2.05) is 6.07 Å². The summed E-state index contributed by atoms with van der Waals surface area (Å²) < 4.78 is 0. The second-order valence-electron chi connectivity index (χ2n) is 8.82. The van der Waals surface area contributed by atoms with Gasteiger partial charge in [0.15, 0.2) is 0 Å². The molecule has 3 unspecified atom stereocenters. The van der Waals surface area contributed by atoms with Crippen molar-refractivity contribution in [1.29, 1.82) is 0 Å². The molecule has 4 aliphatic rings. The van der Waals surface area contributed by atoms with E-state index in [9.17, 15) is 14.4 Å². The maximum atomic E-state index is 12.9. The molecule has 3 atom stereocenters. The fraction of sp³-hybridized carbons (Fsp3) is 0.591. The van der Waals surface area contributed by atoms with Crippen LogP contribution in [0.1, 0.15) is 53.6 Å². The Morgan fingerprint density at radius 3 is 2.86 bits per heavy atom. The van der Waals surface area contributed by atoms with Crippen molar-refractivity contribution in [2.24, 2.45) is 5.92 Å². The van der Waals surface area contributed by atoms with Gasteiger partial charge in [-0.2, -0.15) is 0 Å². The average molecular weight is 396 g/mol. The summed E-state index contributed by atoms with van der Waals surface area (Å²) in [6, 6.07) is 6.23. The number of amides is 3. The maximum absolute atomic E-state index is 12.9. The van der Waals surface area contributed by atoms with E-state index in [-0.39, 0.29) is 24.1 Å². The van der Waals surface area contributed by atoms with Gasteiger partial charge in [0.1, 0.15) is 6.04 Å². The summed E-state index contributed by atoms with van der Waals surface area (Å²) >= 11 is 0. The maximum Gasteiger partial charge on any atom is 0.255 e. The molecule has 5 rings (SSSR count). The third kappa shape index (κ3) is 3.46. The molecule has 7 nitrogen and oxygen atoms in total. The molecule has 3 fully saturated rings. The normalized spacial score (nSPS) is 30.1. The van der Waals surface area contributed by atoms with Crippen molar-refractivity contribution in [2.45, 2.75) is 57.3 Å². The van der Waals surface area contributed by atoms with Gasteiger partial charge in [-0.3, -0.25) is 24.6 Å². The van der Waals surface area contributed by atoms with Gasteiger partial charge in [-0.05, 0) is 68.4 Å². The van der Waals surface area contributed by atoms with Crippen LogP contribution < -0.4 is 10.6 Å². The van der Waals surface area contributed by atoms with Crippen molar-refractivity contribution in [3.8, 4) is 0 Å². The van der Waals surface area contributed by atoms with Gasteiger partial charge in [0.05, 0.1) is 0 Å². The van der Waals surface area contributed by atoms with E-state index in [0.717, 1.165) is 37.7 Å². The molecule has 4 aliphatic heterocycles. The molecule has 2 N–H and O–H groups in total. The van der Waals surface area contributed by atoms with Crippen LogP contribution in [0.5, 0.6) is 0 Å². The quantitative estimate of drug-likeness (QED) is 0.746. The van der Waals surface area contributed by atoms with Gasteiger partial charge in [0.2, 0.25) is 11.8 Å². The Hall–Kier alpha value is -2.25. The van der Waals surface area contributed by atoms with Gasteiger partial charge >= 0.3 is 0 Å². The molecule has 0 radical (unpaired) electrons. The largest absolute Gasteiger partial charge is 0.322 e. The minimum Gasteiger partial charge on any atom is -0.322 e. The molecular weight excluding hydrogens is 368 g/mol. The standard InChI is InChI=1S/C22H28N4O3/c27-20-6-5-19(21(28)24-20)26-13-16-10-14(3-4-17(16)22(26)29)12-25-9-1-2-15-11-23-8-7-18(15)25/h3-4,10,15,18-19,23H,1-2,5-9,11-13H2,(H,24,27,28). The molecule has 1 aromatic rings. The van der Waals surface area contributed by atoms with Gasteiger partial charge in [-0.25, -0.2) is 0 Å². The lowest BCUT2D eigenvalue weighted by atomic mass is 9.84. The first-order valence-electron chi connectivity index (χ1n) is 10.8. The number of rotatable bonds is 3. The summed E-state index contributed by atoms with van der Waals surface area (Å²) in [5.74, 6) is 0.0392. The zero-order valence-electron chi connectivity index (χ0n) is 16.7. The number of fused-ring (bicyclic) bond motifs is 2. The van der Waals surface area contributed by atoms with E-state index in [2.05, 4.69) is 27.7 Å². The van der Waals surface area contributed by atoms with Crippen molar-refractivity contribution >= 4 is 17.7 Å². The topological polar surface area (TPSA) is 81.8 Å². The summed E-state index contributed by atoms with van der Waals surface area (Å²) in [5, 5.41) is 5.89. The lowest BCUT2D eigenvalue weighted by molar-refractivity contribution is -0.136. The Morgan fingerprint density at radius 1 is 1.10 bits per heavy atom. The first kappa shape index (κ1) is 18.8. The van der Waals surface area contributed by atoms with E-state index in [0.29, 0.717) is 24.6 Å². The molecule has 7 heteroatoms. The van der Waals surface area contributed by atoms with Crippen LogP contribution in [0, 0.1) is 5.92 Å². The summed E-state index contributed by atoms with van der Waals surface area (Å²) in [7, 11) is 0. The molecule has 0 saturated carbocycles. The van der Waals surface area contributed by atoms with Crippen molar-refractivity contribution in [1.82, 2.24) is 20.4 Å². The first-order valence-corrected chi connectivity index (χ1v) is 10.8. The highest BCUT2D eigenvalue weighted by Gasteiger charge is 2.39. The molecule has 1 aromatic carbocycles. The first-order chi connectivity index (χ1) is 14.1. The fourth-order valence-corrected chi connectivity index (χ4v) is 5.56. The van der Waals surface area contributed by atoms with Crippen LogP contribution in [-0.2, 0) is 22.7 Å². The van der Waals surface area contributed by atoms with Gasteiger partial charge in [-0.15, -0.1) is 0 Å². The van der Waals surface area contributed by atoms with Crippen molar-refractivity contribution in [2.75, 3.05) is 19.6 Å². The predicted molar refractivity (Wildman–Crippen MR) is 107 cm³/mol. The van der Waals surface area contributed by atoms with Gasteiger partial charge in [0, 0.05) is 31.1 Å². The number of imide groups is 1. The zero-order chi connectivity index (χ0) is 20.0. The van der Waals surface area contributed by atoms with E-state index in [1.54, 1.807) is 4.90 Å². The van der Waals surface area contributed by atoms with E-state index >= 15 is 0 Å². The molecule has 3 saturated heterocycles. The molecule has 154 valence electrons. The van der Waals surface area contributed by atoms with E-state index < -0.39 is 6.04 Å². The molecule has 4 heterocycles. The van der Waals surface area contributed by atoms with Gasteiger partial charge in [-0.1, -0.05) is 12.1 Å². The van der Waals surface area contributed by atoms with E-state index in [4.69, 9.17) is 0 Å². The number of likely N-dealkylation sites (tertiary alicyclic amines) is 1. The summed E-state index contributed by atoms with van der Waals surface area (Å²) in [6.45, 7) is 4.73. The lowest BCUT2D eigenvalue weighted by Crippen LogP contribution is -2.52.